The Morgan fingerprint density at radius 2 is 1.84 bits per heavy atom. The van der Waals surface area contributed by atoms with E-state index < -0.39 is 24.0 Å². The molecule has 0 aliphatic heterocycles. The van der Waals surface area contributed by atoms with Gasteiger partial charge in [0, 0.05) is 10.9 Å². The molecule has 0 aliphatic rings. The number of aryl methyl sites for hydroxylation is 1. The molecule has 0 aliphatic carbocycles. The molecule has 0 atom stereocenters. The number of carbonyl (C=O) groups excluding carboxylic acids is 2. The fourth-order valence-corrected chi connectivity index (χ4v) is 2.58. The van der Waals surface area contributed by atoms with Gasteiger partial charge in [0.1, 0.15) is 11.3 Å². The van der Waals surface area contributed by atoms with Gasteiger partial charge in [0.2, 0.25) is 0 Å². The molecule has 0 radical (unpaired) electrons. The van der Waals surface area contributed by atoms with Gasteiger partial charge in [0.05, 0.1) is 17.9 Å². The zero-order chi connectivity index (χ0) is 18.0. The van der Waals surface area contributed by atoms with E-state index in [-0.39, 0.29) is 6.61 Å². The molecule has 128 valence electrons. The van der Waals surface area contributed by atoms with Crippen molar-refractivity contribution in [2.45, 2.75) is 6.92 Å². The van der Waals surface area contributed by atoms with E-state index in [0.717, 1.165) is 10.8 Å². The van der Waals surface area contributed by atoms with E-state index in [4.69, 9.17) is 9.15 Å². The van der Waals surface area contributed by atoms with Crippen LogP contribution in [0.15, 0.2) is 45.6 Å². The number of carboxylic acids is 1. The molecule has 1 heterocycles. The van der Waals surface area contributed by atoms with Crippen LogP contribution in [0.1, 0.15) is 5.56 Å². The largest absolute Gasteiger partial charge is 0.548 e. The van der Waals surface area contributed by atoms with E-state index >= 15 is 0 Å². The highest BCUT2D eigenvalue weighted by molar-refractivity contribution is 6.05. The summed E-state index contributed by atoms with van der Waals surface area (Å²) in [4.78, 5) is 34.0. The molecule has 3 rings (SSSR count). The molecule has 7 nitrogen and oxygen atoms in total. The molecule has 0 saturated heterocycles. The predicted molar refractivity (Wildman–Crippen MR) is 88.2 cm³/mol. The van der Waals surface area contributed by atoms with Crippen molar-refractivity contribution in [1.29, 1.82) is 0 Å². The first-order chi connectivity index (χ1) is 12.0. The van der Waals surface area contributed by atoms with E-state index in [9.17, 15) is 19.5 Å². The molecule has 7 heteroatoms. The number of benzene rings is 2. The normalized spacial score (nSPS) is 10.8. The highest BCUT2D eigenvalue weighted by atomic mass is 16.5. The Morgan fingerprint density at radius 3 is 2.56 bits per heavy atom. The first-order valence-electron chi connectivity index (χ1n) is 7.52. The van der Waals surface area contributed by atoms with Crippen LogP contribution in [0, 0.1) is 6.92 Å². The number of amides is 1. The maximum Gasteiger partial charge on any atom is 0.344 e. The van der Waals surface area contributed by atoms with E-state index in [1.54, 1.807) is 31.2 Å². The van der Waals surface area contributed by atoms with E-state index in [2.05, 4.69) is 5.32 Å². The lowest BCUT2D eigenvalue weighted by molar-refractivity contribution is -0.304. The number of aliphatic carboxylic acids is 1. The van der Waals surface area contributed by atoms with Crippen LogP contribution < -0.4 is 20.8 Å². The van der Waals surface area contributed by atoms with Gasteiger partial charge in [-0.1, -0.05) is 18.2 Å². The second kappa shape index (κ2) is 6.64. The molecule has 25 heavy (non-hydrogen) atoms. The summed E-state index contributed by atoms with van der Waals surface area (Å²) in [7, 11) is 0. The summed E-state index contributed by atoms with van der Waals surface area (Å²) in [5.41, 5.74) is 0.513. The lowest BCUT2D eigenvalue weighted by Crippen LogP contribution is -2.39. The van der Waals surface area contributed by atoms with Crippen molar-refractivity contribution in [2.24, 2.45) is 0 Å². The Balaban J connectivity index is 1.92. The predicted octanol–water partition coefficient (Wildman–Crippen LogP) is 0.500. The maximum atomic E-state index is 12.1. The minimum atomic E-state index is -1.39. The average Bonchev–Trinajstić information content (AvgIpc) is 2.60. The standard InChI is InChI=1S/C18H15NO6/c1-10-14(24-9-15(20)19-8-16(21)22)7-6-12-11-4-2-3-5-13(11)18(23)25-17(10)12/h2-7H,8-9H2,1H3,(H,19,20)(H,21,22)/p-1. The highest BCUT2D eigenvalue weighted by Crippen LogP contribution is 2.30. The summed E-state index contributed by atoms with van der Waals surface area (Å²) in [6, 6.07) is 10.6. The van der Waals surface area contributed by atoms with E-state index in [1.807, 2.05) is 12.1 Å². The first-order valence-corrected chi connectivity index (χ1v) is 7.52. The van der Waals surface area contributed by atoms with Gasteiger partial charge in [0.25, 0.3) is 5.91 Å². The number of carbonyl (C=O) groups is 2. The Morgan fingerprint density at radius 1 is 1.12 bits per heavy atom. The number of ether oxygens (including phenoxy) is 1. The summed E-state index contributed by atoms with van der Waals surface area (Å²) >= 11 is 0. The fraction of sp³-hybridized carbons (Fsp3) is 0.167. The monoisotopic (exact) mass is 340 g/mol. The molecule has 2 aromatic carbocycles. The molecular formula is C18H14NO6-. The highest BCUT2D eigenvalue weighted by Gasteiger charge is 2.13. The quantitative estimate of drug-likeness (QED) is 0.535. The van der Waals surface area contributed by atoms with Gasteiger partial charge in [0.15, 0.2) is 6.61 Å². The molecule has 0 fully saturated rings. The molecular weight excluding hydrogens is 326 g/mol. The molecule has 1 amide bonds. The van der Waals surface area contributed by atoms with E-state index in [0.29, 0.717) is 22.3 Å². The van der Waals surface area contributed by atoms with Crippen molar-refractivity contribution in [3.63, 3.8) is 0 Å². The van der Waals surface area contributed by atoms with Gasteiger partial charge in [-0.05, 0) is 30.5 Å². The van der Waals surface area contributed by atoms with Crippen LogP contribution in [-0.4, -0.2) is 25.0 Å². The van der Waals surface area contributed by atoms with Crippen LogP contribution in [-0.2, 0) is 9.59 Å². The number of hydrogen-bond acceptors (Lipinski definition) is 6. The van der Waals surface area contributed by atoms with Crippen molar-refractivity contribution in [1.82, 2.24) is 5.32 Å². The summed E-state index contributed by atoms with van der Waals surface area (Å²) < 4.78 is 10.8. The second-order valence-corrected chi connectivity index (χ2v) is 5.44. The zero-order valence-electron chi connectivity index (χ0n) is 13.3. The summed E-state index contributed by atoms with van der Waals surface area (Å²) in [5.74, 6) is -1.61. The van der Waals surface area contributed by atoms with Crippen molar-refractivity contribution >= 4 is 33.6 Å². The number of rotatable bonds is 5. The number of hydrogen-bond donors (Lipinski definition) is 1. The summed E-state index contributed by atoms with van der Waals surface area (Å²) in [6.07, 6.45) is 0. The number of fused-ring (bicyclic) bond motifs is 3. The lowest BCUT2D eigenvalue weighted by Gasteiger charge is -2.12. The second-order valence-electron chi connectivity index (χ2n) is 5.44. The fourth-order valence-electron chi connectivity index (χ4n) is 2.58. The summed E-state index contributed by atoms with van der Waals surface area (Å²) in [6.45, 7) is 0.769. The van der Waals surface area contributed by atoms with Crippen molar-refractivity contribution in [3.8, 4) is 5.75 Å². The van der Waals surface area contributed by atoms with Crippen LogP contribution in [0.25, 0.3) is 21.7 Å². The van der Waals surface area contributed by atoms with Crippen molar-refractivity contribution in [2.75, 3.05) is 13.2 Å². The topological polar surface area (TPSA) is 109 Å². The third kappa shape index (κ3) is 3.30. The van der Waals surface area contributed by atoms with Crippen LogP contribution in [0.2, 0.25) is 0 Å². The van der Waals surface area contributed by atoms with Gasteiger partial charge in [-0.2, -0.15) is 0 Å². The smallest absolute Gasteiger partial charge is 0.344 e. The molecule has 0 unspecified atom stereocenters. The molecule has 1 aromatic heterocycles. The Hall–Kier alpha value is -3.35. The molecule has 1 N–H and O–H groups in total. The molecule has 0 saturated carbocycles. The van der Waals surface area contributed by atoms with Crippen molar-refractivity contribution < 1.29 is 23.8 Å². The average molecular weight is 340 g/mol. The van der Waals surface area contributed by atoms with Gasteiger partial charge >= 0.3 is 5.63 Å². The zero-order valence-corrected chi connectivity index (χ0v) is 13.3. The SMILES string of the molecule is Cc1c(OCC(=O)NCC(=O)[O-])ccc2c1oc(=O)c1ccccc12. The van der Waals surface area contributed by atoms with Gasteiger partial charge in [-0.15, -0.1) is 0 Å². The summed E-state index contributed by atoms with van der Waals surface area (Å²) in [5, 5.41) is 14.5. The number of nitrogens with one attached hydrogen (secondary N) is 1. The Kier molecular flexibility index (Phi) is 4.38. The van der Waals surface area contributed by atoms with Crippen LogP contribution in [0.5, 0.6) is 5.75 Å². The van der Waals surface area contributed by atoms with Gasteiger partial charge in [-0.3, -0.25) is 4.79 Å². The third-order valence-electron chi connectivity index (χ3n) is 3.78. The Labute approximate surface area is 141 Å². The van der Waals surface area contributed by atoms with Gasteiger partial charge in [-0.25, -0.2) is 4.79 Å². The minimum Gasteiger partial charge on any atom is -0.548 e. The van der Waals surface area contributed by atoms with Gasteiger partial charge < -0.3 is 24.4 Å². The lowest BCUT2D eigenvalue weighted by atomic mass is 10.0. The first kappa shape index (κ1) is 16.5. The van der Waals surface area contributed by atoms with Crippen LogP contribution >= 0.6 is 0 Å². The van der Waals surface area contributed by atoms with Crippen LogP contribution in [0.3, 0.4) is 0 Å². The number of carboxylic acid groups (broad SMARTS) is 1. The van der Waals surface area contributed by atoms with E-state index in [1.165, 1.54) is 0 Å². The minimum absolute atomic E-state index is 0.364. The Bertz CT molecular complexity index is 1040. The maximum absolute atomic E-state index is 12.1. The third-order valence-corrected chi connectivity index (χ3v) is 3.78. The molecule has 0 bridgehead atoms. The van der Waals surface area contributed by atoms with Crippen molar-refractivity contribution in [3.05, 3.63) is 52.4 Å². The molecule has 3 aromatic rings. The van der Waals surface area contributed by atoms with Crippen LogP contribution in [0.4, 0.5) is 0 Å². The molecule has 0 spiro atoms.